The predicted molar refractivity (Wildman–Crippen MR) is 95.9 cm³/mol. The molecule has 2 amide bonds. The number of nitrogens with zero attached hydrogens (tertiary/aromatic N) is 1. The normalized spacial score (nSPS) is 10.2. The molecule has 0 heterocycles. The maximum Gasteiger partial charge on any atom is 0.253 e. The van der Waals surface area contributed by atoms with Crippen LogP contribution in [0.25, 0.3) is 0 Å². The second-order valence-corrected chi connectivity index (χ2v) is 5.87. The van der Waals surface area contributed by atoms with E-state index in [9.17, 15) is 9.59 Å². The van der Waals surface area contributed by atoms with Crippen molar-refractivity contribution in [3.05, 3.63) is 70.7 Å². The average Bonchev–Trinajstić information content (AvgIpc) is 2.60. The second-order valence-electron chi connectivity index (χ2n) is 5.46. The molecule has 0 radical (unpaired) electrons. The van der Waals surface area contributed by atoms with Gasteiger partial charge in [-0.15, -0.1) is 0 Å². The molecule has 5 heteroatoms. The summed E-state index contributed by atoms with van der Waals surface area (Å²) < 4.78 is 0. The van der Waals surface area contributed by atoms with Gasteiger partial charge in [-0.1, -0.05) is 61.0 Å². The fraction of sp³-hybridized carbons (Fsp3) is 0.263. The number of carbonyl (C=O) groups excluding carboxylic acids is 2. The summed E-state index contributed by atoms with van der Waals surface area (Å²) in [6.45, 7) is 3.16. The molecule has 0 saturated carbocycles. The van der Waals surface area contributed by atoms with Crippen LogP contribution in [0.4, 0.5) is 0 Å². The molecule has 4 nitrogen and oxygen atoms in total. The lowest BCUT2D eigenvalue weighted by atomic mass is 10.2. The molecule has 0 atom stereocenters. The lowest BCUT2D eigenvalue weighted by Crippen LogP contribution is -2.40. The fourth-order valence-electron chi connectivity index (χ4n) is 2.37. The third-order valence-corrected chi connectivity index (χ3v) is 3.91. The zero-order valence-electron chi connectivity index (χ0n) is 13.7. The van der Waals surface area contributed by atoms with Crippen molar-refractivity contribution in [2.45, 2.75) is 19.9 Å². The average molecular weight is 345 g/mol. The summed E-state index contributed by atoms with van der Waals surface area (Å²) >= 11 is 6.00. The van der Waals surface area contributed by atoms with Crippen LogP contribution < -0.4 is 5.32 Å². The number of rotatable bonds is 7. The number of amides is 2. The topological polar surface area (TPSA) is 49.4 Å². The van der Waals surface area contributed by atoms with Crippen molar-refractivity contribution >= 4 is 23.4 Å². The molecular formula is C19H21ClN2O2. The summed E-state index contributed by atoms with van der Waals surface area (Å²) in [7, 11) is 0. The van der Waals surface area contributed by atoms with Crippen LogP contribution in [0.5, 0.6) is 0 Å². The van der Waals surface area contributed by atoms with Gasteiger partial charge in [0, 0.05) is 13.1 Å². The molecule has 2 aromatic carbocycles. The lowest BCUT2D eigenvalue weighted by Gasteiger charge is -2.22. The summed E-state index contributed by atoms with van der Waals surface area (Å²) in [6, 6.07) is 16.6. The van der Waals surface area contributed by atoms with Gasteiger partial charge in [0.05, 0.1) is 17.1 Å². The Bertz CT molecular complexity index is 689. The van der Waals surface area contributed by atoms with Crippen molar-refractivity contribution in [1.29, 1.82) is 0 Å². The first-order valence-electron chi connectivity index (χ1n) is 7.96. The Hall–Kier alpha value is -2.33. The maximum atomic E-state index is 12.4. The minimum Gasteiger partial charge on any atom is -0.343 e. The number of nitrogens with one attached hydrogen (secondary N) is 1. The summed E-state index contributed by atoms with van der Waals surface area (Å²) in [5.41, 5.74) is 1.44. The third kappa shape index (κ3) is 5.10. The van der Waals surface area contributed by atoms with Crippen LogP contribution in [-0.4, -0.2) is 29.8 Å². The van der Waals surface area contributed by atoms with Crippen LogP contribution in [0.2, 0.25) is 5.02 Å². The highest BCUT2D eigenvalue weighted by Crippen LogP contribution is 2.14. The van der Waals surface area contributed by atoms with E-state index in [1.165, 1.54) is 0 Å². The van der Waals surface area contributed by atoms with Gasteiger partial charge in [0.15, 0.2) is 0 Å². The molecule has 0 spiro atoms. The molecule has 0 bridgehead atoms. The zero-order chi connectivity index (χ0) is 17.4. The molecule has 0 unspecified atom stereocenters. The Balaban J connectivity index is 1.95. The Morgan fingerprint density at radius 1 is 1.04 bits per heavy atom. The quantitative estimate of drug-likeness (QED) is 0.835. The van der Waals surface area contributed by atoms with Gasteiger partial charge in [0.1, 0.15) is 0 Å². The van der Waals surface area contributed by atoms with Crippen molar-refractivity contribution in [2.75, 3.05) is 13.1 Å². The Kier molecular flexibility index (Phi) is 6.82. The first kappa shape index (κ1) is 18.0. The van der Waals surface area contributed by atoms with Gasteiger partial charge in [-0.25, -0.2) is 0 Å². The Morgan fingerprint density at radius 2 is 1.71 bits per heavy atom. The molecule has 0 aromatic heterocycles. The molecule has 0 aliphatic heterocycles. The zero-order valence-corrected chi connectivity index (χ0v) is 14.4. The molecule has 0 saturated heterocycles. The molecule has 24 heavy (non-hydrogen) atoms. The number of benzene rings is 2. The van der Waals surface area contributed by atoms with Gasteiger partial charge in [0.2, 0.25) is 5.91 Å². The summed E-state index contributed by atoms with van der Waals surface area (Å²) in [6.07, 6.45) is 0.858. The highest BCUT2D eigenvalue weighted by molar-refractivity contribution is 6.33. The molecule has 2 rings (SSSR count). The van der Waals surface area contributed by atoms with Gasteiger partial charge >= 0.3 is 0 Å². The first-order chi connectivity index (χ1) is 11.6. The Morgan fingerprint density at radius 3 is 2.38 bits per heavy atom. The highest BCUT2D eigenvalue weighted by Gasteiger charge is 2.16. The maximum absolute atomic E-state index is 12.4. The molecule has 2 aromatic rings. The SMILES string of the molecule is CCCN(Cc1ccccc1)C(=O)CNC(=O)c1ccccc1Cl. The van der Waals surface area contributed by atoms with Crippen molar-refractivity contribution in [3.63, 3.8) is 0 Å². The van der Waals surface area contributed by atoms with E-state index in [2.05, 4.69) is 5.32 Å². The van der Waals surface area contributed by atoms with Gasteiger partial charge in [-0.05, 0) is 24.1 Å². The lowest BCUT2D eigenvalue weighted by molar-refractivity contribution is -0.130. The molecule has 0 aliphatic rings. The second kappa shape index (κ2) is 9.08. The van der Waals surface area contributed by atoms with E-state index in [0.29, 0.717) is 23.7 Å². The van der Waals surface area contributed by atoms with E-state index in [4.69, 9.17) is 11.6 Å². The van der Waals surface area contributed by atoms with Crippen LogP contribution >= 0.6 is 11.6 Å². The van der Waals surface area contributed by atoms with Crippen molar-refractivity contribution in [1.82, 2.24) is 10.2 Å². The van der Waals surface area contributed by atoms with E-state index < -0.39 is 0 Å². The van der Waals surface area contributed by atoms with Crippen LogP contribution in [0.1, 0.15) is 29.3 Å². The highest BCUT2D eigenvalue weighted by atomic mass is 35.5. The van der Waals surface area contributed by atoms with Crippen molar-refractivity contribution in [2.24, 2.45) is 0 Å². The van der Waals surface area contributed by atoms with E-state index in [0.717, 1.165) is 12.0 Å². The van der Waals surface area contributed by atoms with Crippen LogP contribution in [0.15, 0.2) is 54.6 Å². The van der Waals surface area contributed by atoms with Crippen LogP contribution in [0.3, 0.4) is 0 Å². The molecule has 0 aliphatic carbocycles. The number of carbonyl (C=O) groups is 2. The number of hydrogen-bond acceptors (Lipinski definition) is 2. The minimum atomic E-state index is -0.342. The number of halogens is 1. The molecule has 0 fully saturated rings. The van der Waals surface area contributed by atoms with Gasteiger partial charge in [-0.2, -0.15) is 0 Å². The standard InChI is InChI=1S/C19H21ClN2O2/c1-2-12-22(14-15-8-4-3-5-9-15)18(23)13-21-19(24)16-10-6-7-11-17(16)20/h3-11H,2,12-14H2,1H3,(H,21,24). The smallest absolute Gasteiger partial charge is 0.253 e. The minimum absolute atomic E-state index is 0.0448. The summed E-state index contributed by atoms with van der Waals surface area (Å²) in [5.74, 6) is -0.453. The molecule has 1 N–H and O–H groups in total. The van der Waals surface area contributed by atoms with E-state index in [-0.39, 0.29) is 18.4 Å². The molecular weight excluding hydrogens is 324 g/mol. The third-order valence-electron chi connectivity index (χ3n) is 3.58. The Labute approximate surface area is 147 Å². The summed E-state index contributed by atoms with van der Waals surface area (Å²) in [4.78, 5) is 26.3. The van der Waals surface area contributed by atoms with Gasteiger partial charge in [0.25, 0.3) is 5.91 Å². The van der Waals surface area contributed by atoms with Crippen LogP contribution in [-0.2, 0) is 11.3 Å². The fourth-order valence-corrected chi connectivity index (χ4v) is 2.60. The first-order valence-corrected chi connectivity index (χ1v) is 8.34. The van der Waals surface area contributed by atoms with Gasteiger partial charge < -0.3 is 10.2 Å². The van der Waals surface area contributed by atoms with Crippen molar-refractivity contribution < 1.29 is 9.59 Å². The monoisotopic (exact) mass is 344 g/mol. The largest absolute Gasteiger partial charge is 0.343 e. The van der Waals surface area contributed by atoms with Crippen LogP contribution in [0, 0.1) is 0 Å². The number of hydrogen-bond donors (Lipinski definition) is 1. The van der Waals surface area contributed by atoms with Crippen molar-refractivity contribution in [3.8, 4) is 0 Å². The summed E-state index contributed by atoms with van der Waals surface area (Å²) in [5, 5.41) is 3.02. The van der Waals surface area contributed by atoms with Gasteiger partial charge in [-0.3, -0.25) is 9.59 Å². The van der Waals surface area contributed by atoms with E-state index in [1.54, 1.807) is 29.2 Å². The van der Waals surface area contributed by atoms with E-state index in [1.807, 2.05) is 37.3 Å². The predicted octanol–water partition coefficient (Wildman–Crippen LogP) is 3.51. The molecule has 126 valence electrons. The van der Waals surface area contributed by atoms with E-state index >= 15 is 0 Å².